The van der Waals surface area contributed by atoms with Crippen LogP contribution in [0.4, 0.5) is 0 Å². The summed E-state index contributed by atoms with van der Waals surface area (Å²) in [5.41, 5.74) is 7.13. The largest absolute Gasteiger partial charge is 0.497 e. The first kappa shape index (κ1) is 14.3. The predicted molar refractivity (Wildman–Crippen MR) is 74.3 cm³/mol. The van der Waals surface area contributed by atoms with Gasteiger partial charge in [0.05, 0.1) is 26.4 Å². The molecule has 0 bridgehead atoms. The standard InChI is InChI=1S/C15H23NO3/c1-11(16)15(19-10-12-7-8-18-9-12)13-3-5-14(17-2)6-4-13/h3-6,11-12,15H,7-10,16H2,1-2H3. The maximum atomic E-state index is 6.04. The van der Waals surface area contributed by atoms with Crippen LogP contribution in [0.3, 0.4) is 0 Å². The third kappa shape index (κ3) is 3.93. The molecule has 1 heterocycles. The van der Waals surface area contributed by atoms with E-state index in [9.17, 15) is 0 Å². The van der Waals surface area contributed by atoms with Crippen molar-refractivity contribution in [3.05, 3.63) is 29.8 Å². The van der Waals surface area contributed by atoms with Crippen LogP contribution in [0.15, 0.2) is 24.3 Å². The third-order valence-electron chi connectivity index (χ3n) is 3.46. The number of benzene rings is 1. The van der Waals surface area contributed by atoms with Crippen LogP contribution in [-0.4, -0.2) is 33.0 Å². The fourth-order valence-electron chi connectivity index (χ4n) is 2.30. The van der Waals surface area contributed by atoms with Crippen molar-refractivity contribution < 1.29 is 14.2 Å². The molecular weight excluding hydrogens is 242 g/mol. The molecule has 4 nitrogen and oxygen atoms in total. The van der Waals surface area contributed by atoms with Gasteiger partial charge in [-0.25, -0.2) is 0 Å². The lowest BCUT2D eigenvalue weighted by Crippen LogP contribution is -2.28. The van der Waals surface area contributed by atoms with E-state index in [-0.39, 0.29) is 12.1 Å². The van der Waals surface area contributed by atoms with Crippen molar-refractivity contribution in [2.24, 2.45) is 11.7 Å². The van der Waals surface area contributed by atoms with Crippen LogP contribution in [-0.2, 0) is 9.47 Å². The molecule has 0 aliphatic carbocycles. The monoisotopic (exact) mass is 265 g/mol. The number of hydrogen-bond donors (Lipinski definition) is 1. The van der Waals surface area contributed by atoms with Crippen LogP contribution in [0.1, 0.15) is 25.0 Å². The quantitative estimate of drug-likeness (QED) is 0.856. The zero-order valence-electron chi connectivity index (χ0n) is 11.7. The van der Waals surface area contributed by atoms with Gasteiger partial charge in [-0.15, -0.1) is 0 Å². The van der Waals surface area contributed by atoms with Crippen LogP contribution in [0.2, 0.25) is 0 Å². The van der Waals surface area contributed by atoms with E-state index < -0.39 is 0 Å². The van der Waals surface area contributed by atoms with Crippen molar-refractivity contribution in [3.8, 4) is 5.75 Å². The summed E-state index contributed by atoms with van der Waals surface area (Å²) < 4.78 is 16.5. The van der Waals surface area contributed by atoms with Crippen molar-refractivity contribution in [2.45, 2.75) is 25.5 Å². The van der Waals surface area contributed by atoms with Crippen molar-refractivity contribution in [1.29, 1.82) is 0 Å². The van der Waals surface area contributed by atoms with Crippen molar-refractivity contribution in [1.82, 2.24) is 0 Å². The summed E-state index contributed by atoms with van der Waals surface area (Å²) in [4.78, 5) is 0. The Morgan fingerprint density at radius 2 is 2.11 bits per heavy atom. The molecule has 3 unspecified atom stereocenters. The zero-order valence-corrected chi connectivity index (χ0v) is 11.7. The first-order chi connectivity index (χ1) is 9.20. The van der Waals surface area contributed by atoms with E-state index in [1.54, 1.807) is 7.11 Å². The van der Waals surface area contributed by atoms with E-state index in [2.05, 4.69) is 0 Å². The van der Waals surface area contributed by atoms with Gasteiger partial charge in [-0.3, -0.25) is 0 Å². The van der Waals surface area contributed by atoms with Gasteiger partial charge in [0.25, 0.3) is 0 Å². The summed E-state index contributed by atoms with van der Waals surface area (Å²) in [5, 5.41) is 0. The van der Waals surface area contributed by atoms with Gasteiger partial charge in [0.1, 0.15) is 5.75 Å². The highest BCUT2D eigenvalue weighted by Gasteiger charge is 2.21. The van der Waals surface area contributed by atoms with Crippen LogP contribution >= 0.6 is 0 Å². The van der Waals surface area contributed by atoms with Crippen molar-refractivity contribution in [2.75, 3.05) is 26.9 Å². The summed E-state index contributed by atoms with van der Waals surface area (Å²) in [6.07, 6.45) is 1.00. The molecule has 0 radical (unpaired) electrons. The Kier molecular flexibility index (Phi) is 5.19. The predicted octanol–water partition coefficient (Wildman–Crippen LogP) is 2.14. The van der Waals surface area contributed by atoms with Crippen LogP contribution in [0, 0.1) is 5.92 Å². The second kappa shape index (κ2) is 6.89. The van der Waals surface area contributed by atoms with E-state index in [4.69, 9.17) is 19.9 Å². The fraction of sp³-hybridized carbons (Fsp3) is 0.600. The number of methoxy groups -OCH3 is 1. The molecule has 1 aliphatic rings. The molecule has 0 saturated carbocycles. The molecule has 3 atom stereocenters. The minimum Gasteiger partial charge on any atom is -0.497 e. The topological polar surface area (TPSA) is 53.7 Å². The summed E-state index contributed by atoms with van der Waals surface area (Å²) in [6.45, 7) is 4.33. The number of nitrogens with two attached hydrogens (primary N) is 1. The molecule has 0 amide bonds. The smallest absolute Gasteiger partial charge is 0.118 e. The average Bonchev–Trinajstić information content (AvgIpc) is 2.92. The average molecular weight is 265 g/mol. The molecule has 1 aromatic rings. The highest BCUT2D eigenvalue weighted by molar-refractivity contribution is 5.29. The lowest BCUT2D eigenvalue weighted by atomic mass is 10.0. The normalized spacial score (nSPS) is 22.2. The SMILES string of the molecule is COc1ccc(C(OCC2CCOC2)C(C)N)cc1. The molecule has 4 heteroatoms. The Balaban J connectivity index is 1.97. The van der Waals surface area contributed by atoms with E-state index in [0.717, 1.165) is 30.9 Å². The third-order valence-corrected chi connectivity index (χ3v) is 3.46. The summed E-state index contributed by atoms with van der Waals surface area (Å²) in [5.74, 6) is 1.34. The van der Waals surface area contributed by atoms with Gasteiger partial charge in [0.15, 0.2) is 0 Å². The lowest BCUT2D eigenvalue weighted by Gasteiger charge is -2.23. The molecule has 0 spiro atoms. The van der Waals surface area contributed by atoms with Gasteiger partial charge in [-0.05, 0) is 31.0 Å². The van der Waals surface area contributed by atoms with E-state index in [1.165, 1.54) is 0 Å². The Morgan fingerprint density at radius 3 is 2.63 bits per heavy atom. The van der Waals surface area contributed by atoms with E-state index >= 15 is 0 Å². The Morgan fingerprint density at radius 1 is 1.37 bits per heavy atom. The van der Waals surface area contributed by atoms with Crippen molar-refractivity contribution in [3.63, 3.8) is 0 Å². The van der Waals surface area contributed by atoms with Gasteiger partial charge in [0, 0.05) is 18.6 Å². The van der Waals surface area contributed by atoms with Gasteiger partial charge in [0.2, 0.25) is 0 Å². The minimum atomic E-state index is -0.0773. The summed E-state index contributed by atoms with van der Waals surface area (Å²) in [7, 11) is 1.66. The van der Waals surface area contributed by atoms with Crippen LogP contribution in [0.5, 0.6) is 5.75 Å². The van der Waals surface area contributed by atoms with Gasteiger partial charge in [-0.2, -0.15) is 0 Å². The lowest BCUT2D eigenvalue weighted by molar-refractivity contribution is 0.0134. The molecule has 2 rings (SSSR count). The second-order valence-corrected chi connectivity index (χ2v) is 5.12. The highest BCUT2D eigenvalue weighted by atomic mass is 16.5. The Labute approximate surface area is 114 Å². The second-order valence-electron chi connectivity index (χ2n) is 5.12. The van der Waals surface area contributed by atoms with Crippen LogP contribution in [0.25, 0.3) is 0 Å². The van der Waals surface area contributed by atoms with Crippen molar-refractivity contribution >= 4 is 0 Å². The fourth-order valence-corrected chi connectivity index (χ4v) is 2.30. The molecule has 1 aliphatic heterocycles. The molecule has 19 heavy (non-hydrogen) atoms. The Hall–Kier alpha value is -1.10. The van der Waals surface area contributed by atoms with E-state index in [0.29, 0.717) is 12.5 Å². The number of hydrogen-bond acceptors (Lipinski definition) is 4. The summed E-state index contributed by atoms with van der Waals surface area (Å²) in [6, 6.07) is 7.85. The molecule has 1 fully saturated rings. The summed E-state index contributed by atoms with van der Waals surface area (Å²) >= 11 is 0. The van der Waals surface area contributed by atoms with Gasteiger partial charge in [-0.1, -0.05) is 12.1 Å². The maximum Gasteiger partial charge on any atom is 0.118 e. The number of rotatable bonds is 6. The molecular formula is C15H23NO3. The molecule has 0 aromatic heterocycles. The highest BCUT2D eigenvalue weighted by Crippen LogP contribution is 2.25. The van der Waals surface area contributed by atoms with Crippen LogP contribution < -0.4 is 10.5 Å². The van der Waals surface area contributed by atoms with Gasteiger partial charge < -0.3 is 19.9 Å². The van der Waals surface area contributed by atoms with E-state index in [1.807, 2.05) is 31.2 Å². The molecule has 1 saturated heterocycles. The first-order valence-corrected chi connectivity index (χ1v) is 6.79. The molecule has 1 aromatic carbocycles. The molecule has 106 valence electrons. The first-order valence-electron chi connectivity index (χ1n) is 6.79. The molecule has 2 N–H and O–H groups in total. The number of ether oxygens (including phenoxy) is 3. The maximum absolute atomic E-state index is 6.04. The Bertz CT molecular complexity index is 371. The zero-order chi connectivity index (χ0) is 13.7. The minimum absolute atomic E-state index is 0.0456. The van der Waals surface area contributed by atoms with Gasteiger partial charge >= 0.3 is 0 Å².